The lowest BCUT2D eigenvalue weighted by molar-refractivity contribution is -0.132. The minimum absolute atomic E-state index is 0.0219. The molecule has 2 aromatic rings. The van der Waals surface area contributed by atoms with Gasteiger partial charge in [-0.25, -0.2) is 0 Å². The quantitative estimate of drug-likeness (QED) is 0.746. The summed E-state index contributed by atoms with van der Waals surface area (Å²) in [7, 11) is 0. The Hall–Kier alpha value is -2.14. The summed E-state index contributed by atoms with van der Waals surface area (Å²) in [6.07, 6.45) is 2.35. The van der Waals surface area contributed by atoms with Gasteiger partial charge in [0.25, 0.3) is 5.91 Å². The smallest absolute Gasteiger partial charge is 0.255 e. The van der Waals surface area contributed by atoms with E-state index >= 15 is 0 Å². The Balaban J connectivity index is 1.45. The molecule has 0 saturated carbocycles. The van der Waals surface area contributed by atoms with E-state index in [1.165, 1.54) is 5.56 Å². The molecule has 136 valence electrons. The maximum atomic E-state index is 12.6. The summed E-state index contributed by atoms with van der Waals surface area (Å²) < 4.78 is 0.810. The number of aryl methyl sites for hydroxylation is 1. The number of carbonyl (C=O) groups is 2. The molecule has 0 spiro atoms. The maximum absolute atomic E-state index is 12.6. The van der Waals surface area contributed by atoms with Crippen molar-refractivity contribution in [2.75, 3.05) is 26.2 Å². The minimum Gasteiger partial charge on any atom is -0.339 e. The number of halogens is 1. The second-order valence-electron chi connectivity index (χ2n) is 6.49. The molecule has 0 aromatic heterocycles. The monoisotopic (exact) mass is 414 g/mol. The van der Waals surface area contributed by atoms with Crippen LogP contribution in [0.25, 0.3) is 0 Å². The standard InChI is InChI=1S/C21H23BrN2O2/c22-19-11-5-4-10-18(19)21(26)24-15-13-23(14-16-24)20(25)12-6-9-17-7-2-1-3-8-17/h1-5,7-8,10-11H,6,9,12-16H2. The van der Waals surface area contributed by atoms with Gasteiger partial charge >= 0.3 is 0 Å². The summed E-state index contributed by atoms with van der Waals surface area (Å²) >= 11 is 3.43. The summed E-state index contributed by atoms with van der Waals surface area (Å²) in [5.41, 5.74) is 1.94. The molecule has 0 N–H and O–H groups in total. The van der Waals surface area contributed by atoms with Crippen LogP contribution in [0.5, 0.6) is 0 Å². The Kier molecular flexibility index (Phi) is 6.45. The van der Waals surface area contributed by atoms with Gasteiger partial charge in [0.2, 0.25) is 5.91 Å². The molecule has 0 atom stereocenters. The number of rotatable bonds is 5. The molecule has 1 heterocycles. The third kappa shape index (κ3) is 4.73. The molecule has 0 radical (unpaired) electrons. The van der Waals surface area contributed by atoms with Crippen molar-refractivity contribution < 1.29 is 9.59 Å². The fourth-order valence-corrected chi connectivity index (χ4v) is 3.66. The third-order valence-electron chi connectivity index (χ3n) is 4.72. The predicted molar refractivity (Wildman–Crippen MR) is 106 cm³/mol. The van der Waals surface area contributed by atoms with Crippen molar-refractivity contribution in [3.05, 3.63) is 70.2 Å². The van der Waals surface area contributed by atoms with Gasteiger partial charge in [0.1, 0.15) is 0 Å². The fraction of sp³-hybridized carbons (Fsp3) is 0.333. The number of hydrogen-bond acceptors (Lipinski definition) is 2. The lowest BCUT2D eigenvalue weighted by atomic mass is 10.1. The van der Waals surface area contributed by atoms with Crippen LogP contribution in [-0.4, -0.2) is 47.8 Å². The third-order valence-corrected chi connectivity index (χ3v) is 5.41. The first-order chi connectivity index (χ1) is 12.6. The molecule has 1 aliphatic rings. The van der Waals surface area contributed by atoms with E-state index in [4.69, 9.17) is 0 Å². The zero-order valence-corrected chi connectivity index (χ0v) is 16.3. The molecule has 0 bridgehead atoms. The van der Waals surface area contributed by atoms with Gasteiger partial charge in [0.15, 0.2) is 0 Å². The number of nitrogens with zero attached hydrogens (tertiary/aromatic N) is 2. The Morgan fingerprint density at radius 1 is 0.846 bits per heavy atom. The number of hydrogen-bond donors (Lipinski definition) is 0. The first-order valence-corrected chi connectivity index (χ1v) is 9.80. The van der Waals surface area contributed by atoms with E-state index in [2.05, 4.69) is 28.1 Å². The number of carbonyl (C=O) groups excluding carboxylic acids is 2. The lowest BCUT2D eigenvalue weighted by Crippen LogP contribution is -2.50. The van der Waals surface area contributed by atoms with Gasteiger partial charge in [0, 0.05) is 37.1 Å². The van der Waals surface area contributed by atoms with Gasteiger partial charge in [-0.05, 0) is 46.5 Å². The first kappa shape index (κ1) is 18.6. The van der Waals surface area contributed by atoms with E-state index in [1.807, 2.05) is 52.3 Å². The van der Waals surface area contributed by atoms with E-state index in [1.54, 1.807) is 0 Å². The Bertz CT molecular complexity index is 756. The SMILES string of the molecule is O=C(CCCc1ccccc1)N1CCN(C(=O)c2ccccc2Br)CC1. The highest BCUT2D eigenvalue weighted by molar-refractivity contribution is 9.10. The maximum Gasteiger partial charge on any atom is 0.255 e. The number of benzene rings is 2. The molecular formula is C21H23BrN2O2. The molecule has 1 fully saturated rings. The Morgan fingerprint density at radius 3 is 2.15 bits per heavy atom. The largest absolute Gasteiger partial charge is 0.339 e. The lowest BCUT2D eigenvalue weighted by Gasteiger charge is -2.35. The zero-order chi connectivity index (χ0) is 18.4. The molecule has 2 amide bonds. The van der Waals surface area contributed by atoms with Gasteiger partial charge in [-0.1, -0.05) is 42.5 Å². The minimum atomic E-state index is 0.0219. The molecule has 2 aromatic carbocycles. The molecule has 26 heavy (non-hydrogen) atoms. The molecule has 0 unspecified atom stereocenters. The second kappa shape index (κ2) is 8.99. The molecule has 1 aliphatic heterocycles. The van der Waals surface area contributed by atoms with Crippen LogP contribution in [0, 0.1) is 0 Å². The van der Waals surface area contributed by atoms with Gasteiger partial charge in [0.05, 0.1) is 5.56 Å². The first-order valence-electron chi connectivity index (χ1n) is 9.00. The normalized spacial score (nSPS) is 14.3. The number of amides is 2. The highest BCUT2D eigenvalue weighted by atomic mass is 79.9. The highest BCUT2D eigenvalue weighted by Gasteiger charge is 2.25. The highest BCUT2D eigenvalue weighted by Crippen LogP contribution is 2.19. The van der Waals surface area contributed by atoms with E-state index in [-0.39, 0.29) is 11.8 Å². The van der Waals surface area contributed by atoms with Crippen LogP contribution in [0.3, 0.4) is 0 Å². The summed E-state index contributed by atoms with van der Waals surface area (Å²) in [4.78, 5) is 28.7. The van der Waals surface area contributed by atoms with Crippen molar-refractivity contribution in [2.45, 2.75) is 19.3 Å². The van der Waals surface area contributed by atoms with Gasteiger partial charge < -0.3 is 9.80 Å². The van der Waals surface area contributed by atoms with E-state index in [9.17, 15) is 9.59 Å². The van der Waals surface area contributed by atoms with Crippen LogP contribution >= 0.6 is 15.9 Å². The van der Waals surface area contributed by atoms with E-state index in [0.29, 0.717) is 38.2 Å². The van der Waals surface area contributed by atoms with Crippen molar-refractivity contribution in [1.29, 1.82) is 0 Å². The van der Waals surface area contributed by atoms with Crippen LogP contribution in [-0.2, 0) is 11.2 Å². The van der Waals surface area contributed by atoms with Crippen LogP contribution in [0.4, 0.5) is 0 Å². The molecular weight excluding hydrogens is 392 g/mol. The van der Waals surface area contributed by atoms with Crippen LogP contribution in [0.15, 0.2) is 59.1 Å². The Morgan fingerprint density at radius 2 is 1.46 bits per heavy atom. The van der Waals surface area contributed by atoms with Crippen molar-refractivity contribution in [1.82, 2.24) is 9.80 Å². The zero-order valence-electron chi connectivity index (χ0n) is 14.7. The van der Waals surface area contributed by atoms with Crippen molar-refractivity contribution in [3.8, 4) is 0 Å². The molecule has 0 aliphatic carbocycles. The van der Waals surface area contributed by atoms with Crippen molar-refractivity contribution in [3.63, 3.8) is 0 Å². The summed E-state index contributed by atoms with van der Waals surface area (Å²) in [6.45, 7) is 2.40. The van der Waals surface area contributed by atoms with Crippen LogP contribution in [0.1, 0.15) is 28.8 Å². The fourth-order valence-electron chi connectivity index (χ4n) is 3.21. The van der Waals surface area contributed by atoms with Gasteiger partial charge in [-0.3, -0.25) is 9.59 Å². The summed E-state index contributed by atoms with van der Waals surface area (Å²) in [6, 6.07) is 17.7. The van der Waals surface area contributed by atoms with E-state index < -0.39 is 0 Å². The Labute approximate surface area is 162 Å². The second-order valence-corrected chi connectivity index (χ2v) is 7.35. The molecule has 3 rings (SSSR count). The summed E-state index contributed by atoms with van der Waals surface area (Å²) in [5, 5.41) is 0. The van der Waals surface area contributed by atoms with Crippen molar-refractivity contribution >= 4 is 27.7 Å². The summed E-state index contributed by atoms with van der Waals surface area (Å²) in [5.74, 6) is 0.211. The average Bonchev–Trinajstić information content (AvgIpc) is 2.69. The van der Waals surface area contributed by atoms with Crippen LogP contribution in [0.2, 0.25) is 0 Å². The van der Waals surface area contributed by atoms with Gasteiger partial charge in [-0.15, -0.1) is 0 Å². The molecule has 5 heteroatoms. The van der Waals surface area contributed by atoms with Gasteiger partial charge in [-0.2, -0.15) is 0 Å². The molecule has 1 saturated heterocycles. The predicted octanol–water partition coefficient (Wildman–Crippen LogP) is 3.76. The van der Waals surface area contributed by atoms with Crippen molar-refractivity contribution in [2.24, 2.45) is 0 Å². The van der Waals surface area contributed by atoms with E-state index in [0.717, 1.165) is 17.3 Å². The topological polar surface area (TPSA) is 40.6 Å². The average molecular weight is 415 g/mol. The number of piperazine rings is 1. The van der Waals surface area contributed by atoms with Crippen LogP contribution < -0.4 is 0 Å². The molecule has 4 nitrogen and oxygen atoms in total.